The number of benzene rings is 1. The van der Waals surface area contributed by atoms with E-state index in [0.717, 1.165) is 11.1 Å². The van der Waals surface area contributed by atoms with Gasteiger partial charge in [-0.05, 0) is 30.3 Å². The van der Waals surface area contributed by atoms with E-state index >= 15 is 0 Å². The molecule has 1 amide bonds. The van der Waals surface area contributed by atoms with Gasteiger partial charge < -0.3 is 17.2 Å². The van der Waals surface area contributed by atoms with Crippen LogP contribution in [0.25, 0.3) is 22.5 Å². The molecule has 0 spiro atoms. The molecule has 0 unspecified atom stereocenters. The first kappa shape index (κ1) is 14.5. The molecule has 0 aliphatic carbocycles. The number of carbonyl (C=O) groups excluding carboxylic acids is 1. The van der Waals surface area contributed by atoms with Gasteiger partial charge in [0.2, 0.25) is 11.9 Å². The molecule has 0 saturated heterocycles. The van der Waals surface area contributed by atoms with Gasteiger partial charge in [0.1, 0.15) is 5.82 Å². The van der Waals surface area contributed by atoms with Crippen LogP contribution in [0.15, 0.2) is 48.7 Å². The third kappa shape index (κ3) is 3.08. The fourth-order valence-corrected chi connectivity index (χ4v) is 2.15. The van der Waals surface area contributed by atoms with Crippen LogP contribution >= 0.6 is 0 Å². The SMILES string of the molecule is NC(=O)c1cccc(-c2cc(-c3ccc(N)nc3)nc(N)n2)c1. The van der Waals surface area contributed by atoms with E-state index in [2.05, 4.69) is 15.0 Å². The van der Waals surface area contributed by atoms with E-state index in [-0.39, 0.29) is 5.95 Å². The van der Waals surface area contributed by atoms with Crippen LogP contribution in [0.5, 0.6) is 0 Å². The highest BCUT2D eigenvalue weighted by molar-refractivity contribution is 5.94. The molecule has 114 valence electrons. The van der Waals surface area contributed by atoms with Gasteiger partial charge in [-0.25, -0.2) is 15.0 Å². The minimum absolute atomic E-state index is 0.124. The van der Waals surface area contributed by atoms with Crippen LogP contribution in [-0.2, 0) is 0 Å². The van der Waals surface area contributed by atoms with Crippen molar-refractivity contribution < 1.29 is 4.79 Å². The molecule has 0 fully saturated rings. The molecule has 7 nitrogen and oxygen atoms in total. The Bertz CT molecular complexity index is 876. The van der Waals surface area contributed by atoms with E-state index in [1.165, 1.54) is 0 Å². The molecule has 0 radical (unpaired) electrons. The van der Waals surface area contributed by atoms with Gasteiger partial charge in [-0.15, -0.1) is 0 Å². The van der Waals surface area contributed by atoms with Crippen LogP contribution < -0.4 is 17.2 Å². The second-order valence-corrected chi connectivity index (χ2v) is 4.91. The summed E-state index contributed by atoms with van der Waals surface area (Å²) in [4.78, 5) is 23.8. The molecule has 0 aliphatic rings. The Hall–Kier alpha value is -3.48. The molecular weight excluding hydrogens is 292 g/mol. The topological polar surface area (TPSA) is 134 Å². The van der Waals surface area contributed by atoms with Gasteiger partial charge in [-0.1, -0.05) is 12.1 Å². The van der Waals surface area contributed by atoms with Gasteiger partial charge >= 0.3 is 0 Å². The zero-order valence-corrected chi connectivity index (χ0v) is 12.1. The van der Waals surface area contributed by atoms with Crippen LogP contribution in [0.2, 0.25) is 0 Å². The Labute approximate surface area is 132 Å². The smallest absolute Gasteiger partial charge is 0.248 e. The minimum atomic E-state index is -0.503. The lowest BCUT2D eigenvalue weighted by atomic mass is 10.1. The van der Waals surface area contributed by atoms with Crippen LogP contribution in [-0.4, -0.2) is 20.9 Å². The van der Waals surface area contributed by atoms with E-state index in [1.54, 1.807) is 42.6 Å². The van der Waals surface area contributed by atoms with Gasteiger partial charge in [0, 0.05) is 22.9 Å². The van der Waals surface area contributed by atoms with E-state index in [9.17, 15) is 4.79 Å². The molecule has 3 aromatic rings. The maximum absolute atomic E-state index is 11.3. The highest BCUT2D eigenvalue weighted by atomic mass is 16.1. The summed E-state index contributed by atoms with van der Waals surface area (Å²) in [5.41, 5.74) is 19.8. The molecule has 23 heavy (non-hydrogen) atoms. The number of primary amides is 1. The van der Waals surface area contributed by atoms with Crippen molar-refractivity contribution in [2.45, 2.75) is 0 Å². The summed E-state index contributed by atoms with van der Waals surface area (Å²) in [6, 6.07) is 12.1. The number of amides is 1. The highest BCUT2D eigenvalue weighted by Crippen LogP contribution is 2.25. The lowest BCUT2D eigenvalue weighted by molar-refractivity contribution is 0.100. The quantitative estimate of drug-likeness (QED) is 0.670. The van der Waals surface area contributed by atoms with Crippen LogP contribution in [0.3, 0.4) is 0 Å². The van der Waals surface area contributed by atoms with Gasteiger partial charge in [0.05, 0.1) is 11.4 Å². The molecule has 0 bridgehead atoms. The highest BCUT2D eigenvalue weighted by Gasteiger charge is 2.09. The first-order chi connectivity index (χ1) is 11.0. The predicted octanol–water partition coefficient (Wildman–Crippen LogP) is 1.47. The van der Waals surface area contributed by atoms with Gasteiger partial charge in [-0.2, -0.15) is 0 Å². The first-order valence-corrected chi connectivity index (χ1v) is 6.79. The number of pyridine rings is 1. The average molecular weight is 306 g/mol. The number of nitrogen functional groups attached to an aromatic ring is 2. The second-order valence-electron chi connectivity index (χ2n) is 4.91. The fourth-order valence-electron chi connectivity index (χ4n) is 2.15. The van der Waals surface area contributed by atoms with Crippen molar-refractivity contribution in [3.63, 3.8) is 0 Å². The third-order valence-electron chi connectivity index (χ3n) is 3.27. The molecule has 7 heteroatoms. The number of nitrogens with two attached hydrogens (primary N) is 3. The summed E-state index contributed by atoms with van der Waals surface area (Å²) in [7, 11) is 0. The number of hydrogen-bond acceptors (Lipinski definition) is 6. The van der Waals surface area contributed by atoms with Crippen LogP contribution in [0.4, 0.5) is 11.8 Å². The van der Waals surface area contributed by atoms with Crippen molar-refractivity contribution in [3.05, 3.63) is 54.2 Å². The largest absolute Gasteiger partial charge is 0.384 e. The van der Waals surface area contributed by atoms with Crippen molar-refractivity contribution in [2.75, 3.05) is 11.5 Å². The van der Waals surface area contributed by atoms with E-state index < -0.39 is 5.91 Å². The number of anilines is 2. The van der Waals surface area contributed by atoms with E-state index in [4.69, 9.17) is 17.2 Å². The molecule has 0 saturated carbocycles. The van der Waals surface area contributed by atoms with E-state index in [1.807, 2.05) is 6.07 Å². The standard InChI is InChI=1S/C16H14N6O/c17-14-5-4-11(8-20-14)13-7-12(21-16(19)22-13)9-2-1-3-10(6-9)15(18)23/h1-8H,(H2,17,20)(H2,18,23)(H2,19,21,22). The normalized spacial score (nSPS) is 10.4. The number of hydrogen-bond donors (Lipinski definition) is 3. The molecule has 0 aliphatic heterocycles. The zero-order chi connectivity index (χ0) is 16.4. The maximum Gasteiger partial charge on any atom is 0.248 e. The number of rotatable bonds is 3. The van der Waals surface area contributed by atoms with E-state index in [0.29, 0.717) is 22.8 Å². The minimum Gasteiger partial charge on any atom is -0.384 e. The summed E-state index contributed by atoms with van der Waals surface area (Å²) >= 11 is 0. The third-order valence-corrected chi connectivity index (χ3v) is 3.27. The summed E-state index contributed by atoms with van der Waals surface area (Å²) in [6.45, 7) is 0. The second kappa shape index (κ2) is 5.72. The predicted molar refractivity (Wildman–Crippen MR) is 88.0 cm³/mol. The summed E-state index contributed by atoms with van der Waals surface area (Å²) in [6.07, 6.45) is 1.61. The monoisotopic (exact) mass is 306 g/mol. The van der Waals surface area contributed by atoms with Gasteiger partial charge in [-0.3, -0.25) is 4.79 Å². The van der Waals surface area contributed by atoms with Crippen molar-refractivity contribution in [1.29, 1.82) is 0 Å². The maximum atomic E-state index is 11.3. The Morgan fingerprint density at radius 1 is 0.913 bits per heavy atom. The summed E-state index contributed by atoms with van der Waals surface area (Å²) < 4.78 is 0. The average Bonchev–Trinajstić information content (AvgIpc) is 2.55. The lowest BCUT2D eigenvalue weighted by Crippen LogP contribution is -2.10. The Kier molecular flexibility index (Phi) is 3.60. The zero-order valence-electron chi connectivity index (χ0n) is 12.1. The summed E-state index contributed by atoms with van der Waals surface area (Å²) in [5.74, 6) is 0.0424. The van der Waals surface area contributed by atoms with Crippen molar-refractivity contribution in [2.24, 2.45) is 5.73 Å². The lowest BCUT2D eigenvalue weighted by Gasteiger charge is -2.07. The molecule has 2 aromatic heterocycles. The summed E-state index contributed by atoms with van der Waals surface area (Å²) in [5, 5.41) is 0. The van der Waals surface area contributed by atoms with Crippen molar-refractivity contribution in [3.8, 4) is 22.5 Å². The Balaban J connectivity index is 2.09. The number of carbonyl (C=O) groups is 1. The molecule has 6 N–H and O–H groups in total. The molecular formula is C16H14N6O. The number of nitrogens with zero attached hydrogens (tertiary/aromatic N) is 3. The molecule has 2 heterocycles. The molecule has 3 rings (SSSR count). The first-order valence-electron chi connectivity index (χ1n) is 6.79. The van der Waals surface area contributed by atoms with Gasteiger partial charge in [0.25, 0.3) is 0 Å². The fraction of sp³-hybridized carbons (Fsp3) is 0. The molecule has 0 atom stereocenters. The van der Waals surface area contributed by atoms with Crippen LogP contribution in [0.1, 0.15) is 10.4 Å². The number of aromatic nitrogens is 3. The molecule has 1 aromatic carbocycles. The van der Waals surface area contributed by atoms with Crippen molar-refractivity contribution >= 4 is 17.7 Å². The van der Waals surface area contributed by atoms with Crippen molar-refractivity contribution in [1.82, 2.24) is 15.0 Å². The Morgan fingerprint density at radius 2 is 1.65 bits per heavy atom. The van der Waals surface area contributed by atoms with Gasteiger partial charge in [0.15, 0.2) is 0 Å². The Morgan fingerprint density at radius 3 is 2.30 bits per heavy atom. The van der Waals surface area contributed by atoms with Crippen LogP contribution in [0, 0.1) is 0 Å².